The van der Waals surface area contributed by atoms with E-state index in [1.807, 2.05) is 118 Å². The van der Waals surface area contributed by atoms with Crippen LogP contribution in [0.4, 0.5) is 0 Å². The third-order valence-electron chi connectivity index (χ3n) is 8.21. The predicted octanol–water partition coefficient (Wildman–Crippen LogP) is 5.40. The Bertz CT molecular complexity index is 2410. The van der Waals surface area contributed by atoms with E-state index in [1.54, 1.807) is 30.3 Å². The van der Waals surface area contributed by atoms with Crippen LogP contribution < -0.4 is 15.3 Å². The Kier molecular flexibility index (Phi) is 14.5. The van der Waals surface area contributed by atoms with Crippen molar-refractivity contribution in [3.8, 4) is 16.9 Å². The molecule has 0 aliphatic carbocycles. The summed E-state index contributed by atoms with van der Waals surface area (Å²) in [6.45, 7) is 5.47. The minimum atomic E-state index is -1.19. The minimum absolute atomic E-state index is 0. The standard InChI is InChI=1S/C12H10O.3C11H9NO2.Al/c13-12-8-6-11(7-9-12)10-4-2-1-3-5-10;3*1-7-5-6-8-3-2-4-9(11(13)14)10(8)12-7;/h1-9,13H;3*2-6H,1H3,(H,13,14);/q;;;;+3/p-3. The number of fused-ring (bicyclic) bond motifs is 3. The predicted molar refractivity (Wildman–Crippen MR) is 212 cm³/mol. The number of hydrogen-bond donors (Lipinski definition) is 1. The van der Waals surface area contributed by atoms with E-state index in [0.717, 1.165) is 38.8 Å². The molecule has 3 aromatic heterocycles. The van der Waals surface area contributed by atoms with Crippen LogP contribution in [0, 0.1) is 20.8 Å². The normalized spacial score (nSPS) is 10.1. The summed E-state index contributed by atoms with van der Waals surface area (Å²) < 4.78 is 0. The van der Waals surface area contributed by atoms with Gasteiger partial charge >= 0.3 is 17.4 Å². The molecule has 56 heavy (non-hydrogen) atoms. The van der Waals surface area contributed by atoms with E-state index >= 15 is 0 Å². The second-order valence-electron chi connectivity index (χ2n) is 12.3. The molecular formula is C45H34AlN3O7. The van der Waals surface area contributed by atoms with Crippen LogP contribution in [-0.4, -0.2) is 55.3 Å². The number of aryl methyl sites for hydroxylation is 3. The maximum absolute atomic E-state index is 10.8. The van der Waals surface area contributed by atoms with Crippen molar-refractivity contribution in [2.45, 2.75) is 20.8 Å². The summed E-state index contributed by atoms with van der Waals surface area (Å²) in [6.07, 6.45) is 0. The zero-order valence-electron chi connectivity index (χ0n) is 30.7. The quantitative estimate of drug-likeness (QED) is 0.229. The van der Waals surface area contributed by atoms with Crippen molar-refractivity contribution < 1.29 is 34.8 Å². The summed E-state index contributed by atoms with van der Waals surface area (Å²) >= 11 is 0. The topological polar surface area (TPSA) is 179 Å². The number of carbonyl (C=O) groups is 3. The van der Waals surface area contributed by atoms with E-state index in [4.69, 9.17) is 5.11 Å². The molecule has 0 fully saturated rings. The third kappa shape index (κ3) is 10.8. The first kappa shape index (κ1) is 41.8. The number of aromatic carboxylic acids is 3. The molecule has 5 aromatic carbocycles. The monoisotopic (exact) mass is 755 g/mol. The second kappa shape index (κ2) is 19.4. The summed E-state index contributed by atoms with van der Waals surface area (Å²) in [5.41, 5.74) is 6.60. The molecule has 0 aliphatic heterocycles. The SMILES string of the molecule is Cc1ccc2cccc(C(=O)[O-])c2n1.Cc1ccc2cccc(C(=O)[O-])c2n1.Cc1ccc2cccc(C(=O)[O-])c2n1.Oc1ccc(-c2ccccc2)cc1.[Al+3]. The van der Waals surface area contributed by atoms with Crippen LogP contribution in [0.3, 0.4) is 0 Å². The van der Waals surface area contributed by atoms with E-state index in [9.17, 15) is 29.7 Å². The van der Waals surface area contributed by atoms with Crippen LogP contribution in [0.5, 0.6) is 5.75 Å². The van der Waals surface area contributed by atoms with Gasteiger partial charge < -0.3 is 34.8 Å². The van der Waals surface area contributed by atoms with Crippen LogP contribution in [0.2, 0.25) is 0 Å². The second-order valence-corrected chi connectivity index (χ2v) is 12.3. The Hall–Kier alpha value is -6.93. The smallest absolute Gasteiger partial charge is 0.545 e. The number of rotatable bonds is 4. The number of aromatic nitrogens is 3. The van der Waals surface area contributed by atoms with Gasteiger partial charge in [0.05, 0.1) is 34.5 Å². The van der Waals surface area contributed by atoms with E-state index in [1.165, 1.54) is 23.8 Å². The van der Waals surface area contributed by atoms with Crippen LogP contribution in [-0.2, 0) is 0 Å². The van der Waals surface area contributed by atoms with Crippen LogP contribution >= 0.6 is 0 Å². The summed E-state index contributed by atoms with van der Waals surface area (Å²) in [5.74, 6) is -3.25. The maximum Gasteiger partial charge on any atom is 3.00 e. The van der Waals surface area contributed by atoms with E-state index in [0.29, 0.717) is 22.3 Å². The molecule has 0 saturated carbocycles. The fraction of sp³-hybridized carbons (Fsp3) is 0.0667. The number of phenols is 1. The van der Waals surface area contributed by atoms with Gasteiger partial charge in [-0.25, -0.2) is 0 Å². The van der Waals surface area contributed by atoms with Gasteiger partial charge in [-0.1, -0.05) is 115 Å². The maximum atomic E-state index is 10.8. The first-order valence-electron chi connectivity index (χ1n) is 17.0. The number of benzene rings is 5. The van der Waals surface area contributed by atoms with Crippen LogP contribution in [0.1, 0.15) is 48.2 Å². The number of hydrogen-bond acceptors (Lipinski definition) is 10. The van der Waals surface area contributed by atoms with Crippen LogP contribution in [0.15, 0.2) is 146 Å². The molecule has 0 bridgehead atoms. The Labute approximate surface area is 333 Å². The minimum Gasteiger partial charge on any atom is -0.545 e. The molecule has 8 rings (SSSR count). The van der Waals surface area contributed by atoms with E-state index in [2.05, 4.69) is 15.0 Å². The van der Waals surface area contributed by atoms with Crippen LogP contribution in [0.25, 0.3) is 43.8 Å². The average Bonchev–Trinajstić information content (AvgIpc) is 3.18. The zero-order chi connectivity index (χ0) is 39.5. The Balaban J connectivity index is 0.000000165. The molecule has 0 spiro atoms. The van der Waals surface area contributed by atoms with Gasteiger partial charge in [0.25, 0.3) is 0 Å². The molecule has 8 aromatic rings. The molecular weight excluding hydrogens is 721 g/mol. The number of phenolic OH excluding ortho intramolecular Hbond substituents is 1. The van der Waals surface area contributed by atoms with E-state index < -0.39 is 17.9 Å². The van der Waals surface area contributed by atoms with Gasteiger partial charge in [-0.3, -0.25) is 15.0 Å². The van der Waals surface area contributed by atoms with Gasteiger partial charge in [0.1, 0.15) is 5.75 Å². The van der Waals surface area contributed by atoms with Crippen molar-refractivity contribution >= 4 is 68.0 Å². The molecule has 0 atom stereocenters. The average molecular weight is 756 g/mol. The Morgan fingerprint density at radius 1 is 0.411 bits per heavy atom. The fourth-order valence-electron chi connectivity index (χ4n) is 5.51. The van der Waals surface area contributed by atoms with Gasteiger partial charge in [0.15, 0.2) is 0 Å². The Morgan fingerprint density at radius 3 is 1.05 bits per heavy atom. The summed E-state index contributed by atoms with van der Waals surface area (Å²) in [7, 11) is 0. The van der Waals surface area contributed by atoms with E-state index in [-0.39, 0.29) is 34.1 Å². The molecule has 10 nitrogen and oxygen atoms in total. The molecule has 0 saturated heterocycles. The van der Waals surface area contributed by atoms with Gasteiger partial charge in [0, 0.05) is 49.9 Å². The third-order valence-corrected chi connectivity index (χ3v) is 8.21. The number of carboxylic acids is 3. The van der Waals surface area contributed by atoms with Gasteiger partial charge in [-0.05, 0) is 62.2 Å². The first-order valence-corrected chi connectivity index (χ1v) is 17.0. The number of carbonyl (C=O) groups excluding carboxylic acids is 3. The van der Waals surface area contributed by atoms with Gasteiger partial charge in [0.2, 0.25) is 0 Å². The Morgan fingerprint density at radius 2 is 0.732 bits per heavy atom. The number of aromatic hydroxyl groups is 1. The summed E-state index contributed by atoms with van der Waals surface area (Å²) in [6, 6.07) is 43.4. The molecule has 1 N–H and O–H groups in total. The molecule has 3 heterocycles. The largest absolute Gasteiger partial charge is 3.00 e. The number of pyridine rings is 3. The molecule has 11 heteroatoms. The molecule has 0 aliphatic rings. The van der Waals surface area contributed by atoms with Gasteiger partial charge in [-0.15, -0.1) is 0 Å². The zero-order valence-corrected chi connectivity index (χ0v) is 31.8. The number of para-hydroxylation sites is 3. The first-order chi connectivity index (χ1) is 26.4. The van der Waals surface area contributed by atoms with Gasteiger partial charge in [-0.2, -0.15) is 0 Å². The molecule has 274 valence electrons. The van der Waals surface area contributed by atoms with Crippen molar-refractivity contribution in [1.29, 1.82) is 0 Å². The van der Waals surface area contributed by atoms with Crippen molar-refractivity contribution in [2.24, 2.45) is 0 Å². The fourth-order valence-corrected chi connectivity index (χ4v) is 5.51. The molecule has 0 unspecified atom stereocenters. The number of carboxylic acid groups (broad SMARTS) is 3. The number of nitrogens with zero attached hydrogens (tertiary/aromatic N) is 3. The summed E-state index contributed by atoms with van der Waals surface area (Å²) in [4.78, 5) is 44.9. The summed E-state index contributed by atoms with van der Waals surface area (Å²) in [5, 5.41) is 43.9. The molecule has 0 radical (unpaired) electrons. The molecule has 0 amide bonds. The van der Waals surface area contributed by atoms with Crippen molar-refractivity contribution in [1.82, 2.24) is 15.0 Å². The van der Waals surface area contributed by atoms with Crippen molar-refractivity contribution in [3.05, 3.63) is 179 Å². The van der Waals surface area contributed by atoms with Crippen molar-refractivity contribution in [2.75, 3.05) is 0 Å². The van der Waals surface area contributed by atoms with Crippen molar-refractivity contribution in [3.63, 3.8) is 0 Å².